The first-order valence-electron chi connectivity index (χ1n) is 12.4. The van der Waals surface area contributed by atoms with Crippen LogP contribution in [0.2, 0.25) is 0 Å². The number of fused-ring (bicyclic) bond motifs is 3. The molecular weight excluding hydrogens is 430 g/mol. The zero-order valence-electron chi connectivity index (χ0n) is 20.3. The summed E-state index contributed by atoms with van der Waals surface area (Å²) in [5.74, 6) is -1.14. The number of nitrogens with zero attached hydrogens (tertiary/aromatic N) is 1. The van der Waals surface area contributed by atoms with Crippen molar-refractivity contribution in [1.29, 1.82) is 0 Å². The third-order valence-electron chi connectivity index (χ3n) is 7.29. The van der Waals surface area contributed by atoms with Crippen molar-refractivity contribution in [3.63, 3.8) is 0 Å². The van der Waals surface area contributed by atoms with Crippen molar-refractivity contribution in [2.75, 3.05) is 0 Å². The van der Waals surface area contributed by atoms with E-state index >= 15 is 0 Å². The van der Waals surface area contributed by atoms with Crippen molar-refractivity contribution in [1.82, 2.24) is 4.57 Å². The Labute approximate surface area is 200 Å². The number of carbonyl (C=O) groups is 1. The Bertz CT molecular complexity index is 1230. The van der Waals surface area contributed by atoms with Crippen molar-refractivity contribution >= 4 is 27.5 Å². The molecule has 0 spiro atoms. The third-order valence-corrected chi connectivity index (χ3v) is 8.61. The third kappa shape index (κ3) is 3.84. The summed E-state index contributed by atoms with van der Waals surface area (Å²) in [5, 5.41) is 13.9. The molecule has 0 saturated carbocycles. The first kappa shape index (κ1) is 23.7. The maximum atomic E-state index is 14.2. The topological polar surface area (TPSA) is 62.1 Å². The molecular formula is C28H34NO3S-. The summed E-state index contributed by atoms with van der Waals surface area (Å²) in [6.07, 6.45) is 6.52. The van der Waals surface area contributed by atoms with Crippen LogP contribution in [0.1, 0.15) is 80.9 Å². The van der Waals surface area contributed by atoms with Crippen LogP contribution < -0.4 is 10.7 Å². The molecule has 0 aliphatic heterocycles. The summed E-state index contributed by atoms with van der Waals surface area (Å²) in [6, 6.07) is 8.19. The molecule has 2 heterocycles. The first-order chi connectivity index (χ1) is 15.9. The number of pyridine rings is 1. The molecule has 0 radical (unpaired) electrons. The lowest BCUT2D eigenvalue weighted by Crippen LogP contribution is -2.49. The van der Waals surface area contributed by atoms with Crippen LogP contribution in [0.25, 0.3) is 21.3 Å². The van der Waals surface area contributed by atoms with Crippen molar-refractivity contribution in [3.05, 3.63) is 56.2 Å². The van der Waals surface area contributed by atoms with E-state index < -0.39 is 11.4 Å². The Morgan fingerprint density at radius 2 is 1.79 bits per heavy atom. The Hall–Kier alpha value is -2.40. The van der Waals surface area contributed by atoms with Crippen LogP contribution in [-0.2, 0) is 29.6 Å². The molecule has 1 unspecified atom stereocenters. The van der Waals surface area contributed by atoms with Gasteiger partial charge in [-0.05, 0) is 63.0 Å². The molecule has 0 N–H and O–H groups in total. The Morgan fingerprint density at radius 1 is 1.09 bits per heavy atom. The second-order valence-electron chi connectivity index (χ2n) is 9.44. The van der Waals surface area contributed by atoms with E-state index in [9.17, 15) is 14.7 Å². The molecule has 4 rings (SSSR count). The van der Waals surface area contributed by atoms with Crippen LogP contribution in [0.15, 0.2) is 29.1 Å². The van der Waals surface area contributed by atoms with Crippen LogP contribution >= 0.6 is 11.3 Å². The molecule has 1 aliphatic rings. The summed E-state index contributed by atoms with van der Waals surface area (Å²) >= 11 is 1.74. The minimum absolute atomic E-state index is 0.155. The number of rotatable bonds is 8. The van der Waals surface area contributed by atoms with Gasteiger partial charge in [-0.2, -0.15) is 0 Å². The van der Waals surface area contributed by atoms with Crippen molar-refractivity contribution in [2.24, 2.45) is 0 Å². The highest BCUT2D eigenvalue weighted by Crippen LogP contribution is 2.46. The predicted octanol–water partition coefficient (Wildman–Crippen LogP) is 5.53. The largest absolute Gasteiger partial charge is 0.549 e. The van der Waals surface area contributed by atoms with Crippen molar-refractivity contribution in [3.8, 4) is 11.1 Å². The number of carboxylic acids is 1. The number of aryl methyl sites for hydroxylation is 4. The highest BCUT2D eigenvalue weighted by molar-refractivity contribution is 7.19. The molecule has 176 valence electrons. The van der Waals surface area contributed by atoms with Crippen LogP contribution in [0.4, 0.5) is 0 Å². The van der Waals surface area contributed by atoms with Gasteiger partial charge in [0.15, 0.2) is 0 Å². The summed E-state index contributed by atoms with van der Waals surface area (Å²) in [4.78, 5) is 29.4. The van der Waals surface area contributed by atoms with Gasteiger partial charge in [0.1, 0.15) is 4.83 Å². The van der Waals surface area contributed by atoms with Gasteiger partial charge >= 0.3 is 0 Å². The molecule has 2 aromatic heterocycles. The number of carboxylic acid groups (broad SMARTS) is 1. The predicted molar refractivity (Wildman–Crippen MR) is 135 cm³/mol. The normalized spacial score (nSPS) is 15.4. The minimum atomic E-state index is -1.31. The van der Waals surface area contributed by atoms with Gasteiger partial charge in [-0.25, -0.2) is 0 Å². The molecule has 0 amide bonds. The standard InChI is InChI=1S/C28H35NO3S/c1-5-16-28(7-3,27(31)32)24-22(19-14-12-18(4)13-15-19)23-20-10-8-9-11-21(20)33-26(23)29(17-6-2)25(24)30/h12-15H,5-11,16-17H2,1-4H3,(H,31,32)/p-1. The smallest absolute Gasteiger partial charge is 0.256 e. The van der Waals surface area contributed by atoms with E-state index in [-0.39, 0.29) is 5.56 Å². The van der Waals surface area contributed by atoms with Gasteiger partial charge in [0.05, 0.1) is 5.97 Å². The lowest BCUT2D eigenvalue weighted by molar-refractivity contribution is -0.314. The van der Waals surface area contributed by atoms with E-state index in [1.165, 1.54) is 16.9 Å². The van der Waals surface area contributed by atoms with Crippen LogP contribution in [0, 0.1) is 6.92 Å². The van der Waals surface area contributed by atoms with E-state index in [1.807, 2.05) is 49.6 Å². The minimum Gasteiger partial charge on any atom is -0.549 e. The Kier molecular flexibility index (Phi) is 6.81. The van der Waals surface area contributed by atoms with E-state index in [2.05, 4.69) is 6.92 Å². The van der Waals surface area contributed by atoms with Gasteiger partial charge in [-0.1, -0.05) is 57.0 Å². The summed E-state index contributed by atoms with van der Waals surface area (Å²) in [6.45, 7) is 8.56. The van der Waals surface area contributed by atoms with Gasteiger partial charge < -0.3 is 9.90 Å². The SMILES string of the molecule is CCCn1c(=O)c(C(CC)(CCC)C(=O)[O-])c(-c2ccc(C)cc2)c2c3c(sc21)CCCC3. The van der Waals surface area contributed by atoms with Crippen molar-refractivity contribution < 1.29 is 9.90 Å². The Morgan fingerprint density at radius 3 is 2.39 bits per heavy atom. The monoisotopic (exact) mass is 464 g/mol. The molecule has 0 bridgehead atoms. The van der Waals surface area contributed by atoms with Crippen LogP contribution in [0.3, 0.4) is 0 Å². The maximum Gasteiger partial charge on any atom is 0.256 e. The molecule has 1 aromatic carbocycles. The summed E-state index contributed by atoms with van der Waals surface area (Å²) in [5.41, 5.74) is 3.20. The number of benzene rings is 1. The highest BCUT2D eigenvalue weighted by atomic mass is 32.1. The molecule has 0 fully saturated rings. The molecule has 4 nitrogen and oxygen atoms in total. The molecule has 3 aromatic rings. The fraction of sp³-hybridized carbons (Fsp3) is 0.500. The first-order valence-corrected chi connectivity index (χ1v) is 13.2. The lowest BCUT2D eigenvalue weighted by Gasteiger charge is -2.36. The number of carbonyl (C=O) groups excluding carboxylic acids is 1. The molecule has 1 aliphatic carbocycles. The quantitative estimate of drug-likeness (QED) is 0.441. The van der Waals surface area contributed by atoms with Crippen molar-refractivity contribution in [2.45, 2.75) is 91.0 Å². The van der Waals surface area contributed by atoms with Crippen LogP contribution in [0.5, 0.6) is 0 Å². The molecule has 5 heteroatoms. The number of aliphatic carboxylic acids is 1. The number of hydrogen-bond acceptors (Lipinski definition) is 4. The number of hydrogen-bond donors (Lipinski definition) is 0. The number of aromatic nitrogens is 1. The van der Waals surface area contributed by atoms with E-state index in [1.54, 1.807) is 11.3 Å². The second-order valence-corrected chi connectivity index (χ2v) is 10.5. The fourth-order valence-corrected chi connectivity index (χ4v) is 7.01. The summed E-state index contributed by atoms with van der Waals surface area (Å²) < 4.78 is 1.87. The van der Waals surface area contributed by atoms with Gasteiger partial charge in [0.25, 0.3) is 5.56 Å². The van der Waals surface area contributed by atoms with Gasteiger partial charge in [0, 0.05) is 33.4 Å². The fourth-order valence-electron chi connectivity index (χ4n) is 5.59. The molecule has 33 heavy (non-hydrogen) atoms. The van der Waals surface area contributed by atoms with Crippen LogP contribution in [-0.4, -0.2) is 10.5 Å². The van der Waals surface area contributed by atoms with Gasteiger partial charge in [-0.15, -0.1) is 11.3 Å². The summed E-state index contributed by atoms with van der Waals surface area (Å²) in [7, 11) is 0. The van der Waals surface area contributed by atoms with E-state index in [4.69, 9.17) is 0 Å². The molecule has 1 atom stereocenters. The Balaban J connectivity index is 2.25. The second kappa shape index (κ2) is 9.46. The van der Waals surface area contributed by atoms with Gasteiger partial charge in [0.2, 0.25) is 0 Å². The van der Waals surface area contributed by atoms with E-state index in [0.717, 1.165) is 52.6 Å². The average Bonchev–Trinajstić information content (AvgIpc) is 3.19. The highest BCUT2D eigenvalue weighted by Gasteiger charge is 2.39. The maximum absolute atomic E-state index is 14.2. The lowest BCUT2D eigenvalue weighted by atomic mass is 9.71. The average molecular weight is 465 g/mol. The van der Waals surface area contributed by atoms with Gasteiger partial charge in [-0.3, -0.25) is 9.36 Å². The zero-order valence-corrected chi connectivity index (χ0v) is 21.1. The zero-order chi connectivity index (χ0) is 23.8. The number of thiophene rings is 1. The molecule has 0 saturated heterocycles. The van der Waals surface area contributed by atoms with E-state index in [0.29, 0.717) is 31.4 Å².